The maximum Gasteiger partial charge on any atom is 0.228 e. The van der Waals surface area contributed by atoms with Gasteiger partial charge in [-0.05, 0) is 19.9 Å². The molecule has 1 aromatic heterocycles. The van der Waals surface area contributed by atoms with E-state index in [2.05, 4.69) is 22.7 Å². The van der Waals surface area contributed by atoms with Gasteiger partial charge in [-0.1, -0.05) is 5.16 Å². The van der Waals surface area contributed by atoms with E-state index in [9.17, 15) is 0 Å². The summed E-state index contributed by atoms with van der Waals surface area (Å²) in [6, 6.07) is 0. The molecular weight excluding hydrogens is 154 g/mol. The van der Waals surface area contributed by atoms with Crippen molar-refractivity contribution in [3.63, 3.8) is 0 Å². The lowest BCUT2D eigenvalue weighted by Crippen LogP contribution is -2.23. The average molecular weight is 167 g/mol. The van der Waals surface area contributed by atoms with Crippen molar-refractivity contribution in [1.82, 2.24) is 10.5 Å². The highest BCUT2D eigenvalue weighted by Gasteiger charge is 2.17. The van der Waals surface area contributed by atoms with Crippen LogP contribution < -0.4 is 10.6 Å². The second-order valence-corrected chi connectivity index (χ2v) is 2.89. The summed E-state index contributed by atoms with van der Waals surface area (Å²) in [6.07, 6.45) is 1.02. The monoisotopic (exact) mass is 167 g/mol. The zero-order valence-electron chi connectivity index (χ0n) is 7.18. The molecule has 0 unspecified atom stereocenters. The van der Waals surface area contributed by atoms with Crippen LogP contribution in [0.15, 0.2) is 4.52 Å². The lowest BCUT2D eigenvalue weighted by Gasteiger charge is -2.10. The van der Waals surface area contributed by atoms with E-state index in [1.807, 2.05) is 0 Å². The van der Waals surface area contributed by atoms with Crippen molar-refractivity contribution >= 4 is 5.88 Å². The summed E-state index contributed by atoms with van der Waals surface area (Å²) in [5.74, 6) is 0.856. The highest BCUT2D eigenvalue weighted by atomic mass is 16.5. The molecule has 12 heavy (non-hydrogen) atoms. The maximum absolute atomic E-state index is 5.16. The van der Waals surface area contributed by atoms with Gasteiger partial charge in [0.2, 0.25) is 5.88 Å². The predicted molar refractivity (Wildman–Crippen MR) is 46.1 cm³/mol. The summed E-state index contributed by atoms with van der Waals surface area (Å²) >= 11 is 0. The molecule has 0 atom stereocenters. The molecule has 4 nitrogen and oxygen atoms in total. The molecule has 0 aromatic carbocycles. The fourth-order valence-corrected chi connectivity index (χ4v) is 1.46. The molecular formula is C8H13N3O. The molecule has 0 fully saturated rings. The second kappa shape index (κ2) is 3.15. The number of rotatable bonds is 2. The summed E-state index contributed by atoms with van der Waals surface area (Å²) in [7, 11) is 0. The molecule has 2 heterocycles. The number of hydrogen-bond acceptors (Lipinski definition) is 4. The van der Waals surface area contributed by atoms with Gasteiger partial charge in [-0.3, -0.25) is 0 Å². The van der Waals surface area contributed by atoms with Gasteiger partial charge in [0.15, 0.2) is 0 Å². The number of aromatic nitrogens is 1. The van der Waals surface area contributed by atoms with E-state index in [-0.39, 0.29) is 0 Å². The number of nitrogens with zero attached hydrogens (tertiary/aromatic N) is 1. The van der Waals surface area contributed by atoms with Crippen molar-refractivity contribution in [2.24, 2.45) is 0 Å². The summed E-state index contributed by atoms with van der Waals surface area (Å²) in [6.45, 7) is 4.79. The smallest absolute Gasteiger partial charge is 0.228 e. The van der Waals surface area contributed by atoms with E-state index in [1.165, 1.54) is 5.56 Å². The van der Waals surface area contributed by atoms with E-state index in [0.29, 0.717) is 0 Å². The predicted octanol–water partition coefficient (Wildman–Crippen LogP) is 0.752. The fraction of sp³-hybridized carbons (Fsp3) is 0.625. The summed E-state index contributed by atoms with van der Waals surface area (Å²) < 4.78 is 5.16. The van der Waals surface area contributed by atoms with Crippen LogP contribution in [-0.2, 0) is 13.0 Å². The topological polar surface area (TPSA) is 50.1 Å². The lowest BCUT2D eigenvalue weighted by molar-refractivity contribution is 0.421. The zero-order chi connectivity index (χ0) is 8.39. The Morgan fingerprint density at radius 3 is 3.42 bits per heavy atom. The summed E-state index contributed by atoms with van der Waals surface area (Å²) in [4.78, 5) is 0. The molecule has 1 aliphatic heterocycles. The van der Waals surface area contributed by atoms with Gasteiger partial charge in [0, 0.05) is 18.7 Å². The Hall–Kier alpha value is -1.03. The molecule has 0 radical (unpaired) electrons. The van der Waals surface area contributed by atoms with E-state index in [1.54, 1.807) is 0 Å². The SMILES string of the molecule is CCNc1onc2c1CCNC2. The third-order valence-corrected chi connectivity index (χ3v) is 2.05. The van der Waals surface area contributed by atoms with Crippen LogP contribution >= 0.6 is 0 Å². The molecule has 0 amide bonds. The first-order valence-electron chi connectivity index (χ1n) is 4.34. The van der Waals surface area contributed by atoms with Crippen LogP contribution in [-0.4, -0.2) is 18.2 Å². The third kappa shape index (κ3) is 1.18. The van der Waals surface area contributed by atoms with E-state index >= 15 is 0 Å². The van der Waals surface area contributed by atoms with Crippen molar-refractivity contribution in [1.29, 1.82) is 0 Å². The van der Waals surface area contributed by atoms with Gasteiger partial charge in [-0.2, -0.15) is 0 Å². The van der Waals surface area contributed by atoms with Gasteiger partial charge in [-0.25, -0.2) is 0 Å². The molecule has 66 valence electrons. The lowest BCUT2D eigenvalue weighted by atomic mass is 10.1. The molecule has 2 N–H and O–H groups in total. The normalized spacial score (nSPS) is 15.8. The van der Waals surface area contributed by atoms with Gasteiger partial charge in [0.1, 0.15) is 5.69 Å². The van der Waals surface area contributed by atoms with Crippen molar-refractivity contribution in [3.05, 3.63) is 11.3 Å². The highest BCUT2D eigenvalue weighted by Crippen LogP contribution is 2.21. The van der Waals surface area contributed by atoms with Crippen molar-refractivity contribution in [2.75, 3.05) is 18.4 Å². The standard InChI is InChI=1S/C8H13N3O/c1-2-10-8-6-3-4-9-5-7(6)11-12-8/h9-10H,2-5H2,1H3. The van der Waals surface area contributed by atoms with Crippen LogP contribution in [0.4, 0.5) is 5.88 Å². The fourth-order valence-electron chi connectivity index (χ4n) is 1.46. The minimum atomic E-state index is 0.838. The Bertz CT molecular complexity index is 269. The molecule has 0 saturated heterocycles. The Balaban J connectivity index is 2.25. The van der Waals surface area contributed by atoms with Crippen LogP contribution in [0, 0.1) is 0 Å². The molecule has 1 aliphatic rings. The zero-order valence-corrected chi connectivity index (χ0v) is 7.18. The molecule has 4 heteroatoms. The van der Waals surface area contributed by atoms with Gasteiger partial charge >= 0.3 is 0 Å². The largest absolute Gasteiger partial charge is 0.354 e. The van der Waals surface area contributed by atoms with Gasteiger partial charge in [0.25, 0.3) is 0 Å². The van der Waals surface area contributed by atoms with Gasteiger partial charge in [-0.15, -0.1) is 0 Å². The Labute approximate surface area is 71.3 Å². The quantitative estimate of drug-likeness (QED) is 0.682. The maximum atomic E-state index is 5.16. The van der Waals surface area contributed by atoms with Gasteiger partial charge in [0.05, 0.1) is 0 Å². The van der Waals surface area contributed by atoms with Crippen LogP contribution in [0.3, 0.4) is 0 Å². The highest BCUT2D eigenvalue weighted by molar-refractivity contribution is 5.44. The van der Waals surface area contributed by atoms with Crippen LogP contribution in [0.5, 0.6) is 0 Å². The van der Waals surface area contributed by atoms with Crippen molar-refractivity contribution < 1.29 is 4.52 Å². The van der Waals surface area contributed by atoms with E-state index in [0.717, 1.165) is 37.6 Å². The minimum Gasteiger partial charge on any atom is -0.354 e. The second-order valence-electron chi connectivity index (χ2n) is 2.89. The number of fused-ring (bicyclic) bond motifs is 1. The van der Waals surface area contributed by atoms with E-state index < -0.39 is 0 Å². The summed E-state index contributed by atoms with van der Waals surface area (Å²) in [5, 5.41) is 10.4. The Morgan fingerprint density at radius 2 is 2.58 bits per heavy atom. The Kier molecular flexibility index (Phi) is 1.99. The van der Waals surface area contributed by atoms with Crippen molar-refractivity contribution in [2.45, 2.75) is 19.9 Å². The van der Waals surface area contributed by atoms with Crippen LogP contribution in [0.1, 0.15) is 18.2 Å². The first-order chi connectivity index (χ1) is 5.92. The third-order valence-electron chi connectivity index (χ3n) is 2.05. The average Bonchev–Trinajstić information content (AvgIpc) is 2.50. The van der Waals surface area contributed by atoms with Crippen LogP contribution in [0.2, 0.25) is 0 Å². The molecule has 2 rings (SSSR count). The van der Waals surface area contributed by atoms with E-state index in [4.69, 9.17) is 4.52 Å². The Morgan fingerprint density at radius 1 is 1.67 bits per heavy atom. The number of hydrogen-bond donors (Lipinski definition) is 2. The van der Waals surface area contributed by atoms with Gasteiger partial charge < -0.3 is 15.2 Å². The first kappa shape index (κ1) is 7.61. The molecule has 0 saturated carbocycles. The molecule has 1 aromatic rings. The summed E-state index contributed by atoms with van der Waals surface area (Å²) in [5.41, 5.74) is 2.30. The van der Waals surface area contributed by atoms with Crippen LogP contribution in [0.25, 0.3) is 0 Å². The minimum absolute atomic E-state index is 0.838. The molecule has 0 bridgehead atoms. The molecule has 0 spiro atoms. The molecule has 0 aliphatic carbocycles. The number of anilines is 1. The first-order valence-corrected chi connectivity index (χ1v) is 4.34. The number of nitrogens with one attached hydrogen (secondary N) is 2. The van der Waals surface area contributed by atoms with Crippen molar-refractivity contribution in [3.8, 4) is 0 Å².